The molecule has 3 aromatic carbocycles. The number of nitrogens with one attached hydrogen (secondary N) is 1. The molecular weight excluding hydrogens is 460 g/mol. The summed E-state index contributed by atoms with van der Waals surface area (Å²) in [5.74, 6) is 0.619. The molecule has 0 radical (unpaired) electrons. The molecule has 0 aliphatic carbocycles. The van der Waals surface area contributed by atoms with Crippen LogP contribution in [0.1, 0.15) is 10.4 Å². The molecule has 0 aliphatic rings. The summed E-state index contributed by atoms with van der Waals surface area (Å²) in [6.07, 6.45) is 1.81. The van der Waals surface area contributed by atoms with Gasteiger partial charge in [-0.25, -0.2) is 4.98 Å². The lowest BCUT2D eigenvalue weighted by Crippen LogP contribution is -2.21. The molecule has 2 amide bonds. The van der Waals surface area contributed by atoms with Crippen LogP contribution in [-0.4, -0.2) is 53.2 Å². The summed E-state index contributed by atoms with van der Waals surface area (Å²) < 4.78 is 7.60. The average Bonchev–Trinajstić information content (AvgIpc) is 3.31. The Kier molecular flexibility index (Phi) is 7.52. The zero-order valence-electron chi connectivity index (χ0n) is 19.8. The van der Waals surface area contributed by atoms with Crippen molar-refractivity contribution < 1.29 is 14.3 Å². The number of hydrogen-bond acceptors (Lipinski definition) is 5. The molecule has 0 atom stereocenters. The van der Waals surface area contributed by atoms with E-state index in [-0.39, 0.29) is 17.6 Å². The van der Waals surface area contributed by atoms with Crippen LogP contribution < -0.4 is 10.1 Å². The number of anilines is 1. The molecule has 0 fully saturated rings. The van der Waals surface area contributed by atoms with Crippen molar-refractivity contribution in [1.29, 1.82) is 0 Å². The first-order valence-electron chi connectivity index (χ1n) is 11.0. The molecule has 7 nitrogen and oxygen atoms in total. The Morgan fingerprint density at radius 1 is 0.971 bits per heavy atom. The minimum atomic E-state index is -0.169. The summed E-state index contributed by atoms with van der Waals surface area (Å²) in [5.41, 5.74) is 3.95. The van der Waals surface area contributed by atoms with Crippen LogP contribution in [0.25, 0.3) is 16.9 Å². The van der Waals surface area contributed by atoms with E-state index in [1.54, 1.807) is 45.5 Å². The fourth-order valence-electron chi connectivity index (χ4n) is 3.58. The van der Waals surface area contributed by atoms with Gasteiger partial charge < -0.3 is 15.0 Å². The van der Waals surface area contributed by atoms with Crippen molar-refractivity contribution in [2.75, 3.05) is 32.3 Å². The standard InChI is InChI=1S/C27H26N4O3S/c1-30(2)26(33)20-13-15-21(16-14-20)29-25(32)18-35-27-28-17-23(19-9-5-4-6-10-19)31(27)22-11-7-8-12-24(22)34-3/h4-17H,18H2,1-3H3,(H,29,32). The molecule has 0 spiro atoms. The van der Waals surface area contributed by atoms with Gasteiger partial charge in [0.25, 0.3) is 5.91 Å². The van der Waals surface area contributed by atoms with Crippen molar-refractivity contribution >= 4 is 29.3 Å². The summed E-state index contributed by atoms with van der Waals surface area (Å²) >= 11 is 1.34. The second-order valence-corrected chi connectivity index (χ2v) is 8.86. The van der Waals surface area contributed by atoms with E-state index in [4.69, 9.17) is 4.74 Å². The summed E-state index contributed by atoms with van der Waals surface area (Å²) in [7, 11) is 5.04. The normalized spacial score (nSPS) is 10.6. The van der Waals surface area contributed by atoms with E-state index in [9.17, 15) is 9.59 Å². The van der Waals surface area contributed by atoms with Gasteiger partial charge in [0.05, 0.1) is 30.4 Å². The third kappa shape index (κ3) is 5.55. The zero-order chi connectivity index (χ0) is 24.8. The highest BCUT2D eigenvalue weighted by Gasteiger charge is 2.18. The van der Waals surface area contributed by atoms with E-state index in [0.717, 1.165) is 16.9 Å². The van der Waals surface area contributed by atoms with Crippen LogP contribution in [0.3, 0.4) is 0 Å². The van der Waals surface area contributed by atoms with E-state index in [1.165, 1.54) is 16.7 Å². The Labute approximate surface area is 208 Å². The van der Waals surface area contributed by atoms with Crippen LogP contribution in [-0.2, 0) is 4.79 Å². The number of ether oxygens (including phenoxy) is 1. The minimum absolute atomic E-state index is 0.0872. The number of rotatable bonds is 8. The van der Waals surface area contributed by atoms with E-state index in [2.05, 4.69) is 10.3 Å². The lowest BCUT2D eigenvalue weighted by molar-refractivity contribution is -0.113. The molecule has 178 valence electrons. The highest BCUT2D eigenvalue weighted by atomic mass is 32.2. The number of amides is 2. The number of aromatic nitrogens is 2. The molecule has 0 unspecified atom stereocenters. The maximum Gasteiger partial charge on any atom is 0.253 e. The topological polar surface area (TPSA) is 76.5 Å². The molecule has 4 rings (SSSR count). The van der Waals surface area contributed by atoms with Gasteiger partial charge >= 0.3 is 0 Å². The van der Waals surface area contributed by atoms with Crippen LogP contribution in [0.5, 0.6) is 5.75 Å². The third-order valence-corrected chi connectivity index (χ3v) is 6.23. The van der Waals surface area contributed by atoms with Gasteiger partial charge in [-0.05, 0) is 36.4 Å². The molecule has 0 saturated carbocycles. The lowest BCUT2D eigenvalue weighted by Gasteiger charge is -2.15. The Bertz CT molecular complexity index is 1320. The molecule has 1 heterocycles. The molecule has 1 aromatic heterocycles. The van der Waals surface area contributed by atoms with Crippen molar-refractivity contribution in [3.63, 3.8) is 0 Å². The maximum absolute atomic E-state index is 12.7. The second-order valence-electron chi connectivity index (χ2n) is 7.91. The number of imidazole rings is 1. The summed E-state index contributed by atoms with van der Waals surface area (Å²) in [6.45, 7) is 0. The van der Waals surface area contributed by atoms with Gasteiger partial charge in [-0.15, -0.1) is 0 Å². The molecule has 0 aliphatic heterocycles. The van der Waals surface area contributed by atoms with Gasteiger partial charge in [-0.3, -0.25) is 14.2 Å². The number of benzene rings is 3. The first kappa shape index (κ1) is 24.1. The molecule has 1 N–H and O–H groups in total. The summed E-state index contributed by atoms with van der Waals surface area (Å²) in [4.78, 5) is 30.9. The molecular formula is C27H26N4O3S. The SMILES string of the molecule is COc1ccccc1-n1c(-c2ccccc2)cnc1SCC(=O)Nc1ccc(C(=O)N(C)C)cc1. The molecule has 4 aromatic rings. The zero-order valence-corrected chi connectivity index (χ0v) is 20.6. The van der Waals surface area contributed by atoms with Crippen LogP contribution in [0, 0.1) is 0 Å². The number of hydrogen-bond donors (Lipinski definition) is 1. The molecule has 0 bridgehead atoms. The number of nitrogens with zero attached hydrogens (tertiary/aromatic N) is 3. The summed E-state index contributed by atoms with van der Waals surface area (Å²) in [6, 6.07) is 24.5. The highest BCUT2D eigenvalue weighted by molar-refractivity contribution is 7.99. The van der Waals surface area contributed by atoms with E-state index < -0.39 is 0 Å². The highest BCUT2D eigenvalue weighted by Crippen LogP contribution is 2.33. The largest absolute Gasteiger partial charge is 0.495 e. The van der Waals surface area contributed by atoms with Gasteiger partial charge in [0.2, 0.25) is 5.91 Å². The Morgan fingerprint density at radius 3 is 2.34 bits per heavy atom. The van der Waals surface area contributed by atoms with Crippen molar-refractivity contribution in [2.24, 2.45) is 0 Å². The van der Waals surface area contributed by atoms with E-state index in [0.29, 0.717) is 22.2 Å². The smallest absolute Gasteiger partial charge is 0.253 e. The maximum atomic E-state index is 12.7. The fourth-order valence-corrected chi connectivity index (χ4v) is 4.36. The van der Waals surface area contributed by atoms with Crippen LogP contribution in [0.15, 0.2) is 90.2 Å². The lowest BCUT2D eigenvalue weighted by atomic mass is 10.1. The first-order chi connectivity index (χ1) is 17.0. The first-order valence-corrected chi connectivity index (χ1v) is 12.0. The Balaban J connectivity index is 1.54. The summed E-state index contributed by atoms with van der Waals surface area (Å²) in [5, 5.41) is 3.56. The quantitative estimate of drug-likeness (QED) is 0.356. The molecule has 35 heavy (non-hydrogen) atoms. The van der Waals surface area contributed by atoms with E-state index in [1.807, 2.05) is 65.4 Å². The van der Waals surface area contributed by atoms with Crippen LogP contribution >= 0.6 is 11.8 Å². The average molecular weight is 487 g/mol. The van der Waals surface area contributed by atoms with Gasteiger partial charge in [0, 0.05) is 30.9 Å². The van der Waals surface area contributed by atoms with Gasteiger partial charge in [0.1, 0.15) is 5.75 Å². The molecule has 8 heteroatoms. The monoisotopic (exact) mass is 486 g/mol. The Morgan fingerprint density at radius 2 is 1.66 bits per heavy atom. The fraction of sp³-hybridized carbons (Fsp3) is 0.148. The van der Waals surface area contributed by atoms with Gasteiger partial charge in [-0.1, -0.05) is 54.2 Å². The van der Waals surface area contributed by atoms with Crippen molar-refractivity contribution in [3.05, 3.63) is 90.6 Å². The third-order valence-electron chi connectivity index (χ3n) is 5.28. The predicted molar refractivity (Wildman–Crippen MR) is 139 cm³/mol. The van der Waals surface area contributed by atoms with Crippen LogP contribution in [0.2, 0.25) is 0 Å². The number of methoxy groups -OCH3 is 1. The molecule has 0 saturated heterocycles. The number of para-hydroxylation sites is 2. The van der Waals surface area contributed by atoms with E-state index >= 15 is 0 Å². The van der Waals surface area contributed by atoms with Crippen LogP contribution in [0.4, 0.5) is 5.69 Å². The second kappa shape index (κ2) is 10.9. The van der Waals surface area contributed by atoms with Crippen molar-refractivity contribution in [3.8, 4) is 22.7 Å². The number of carbonyl (C=O) groups is 2. The van der Waals surface area contributed by atoms with Gasteiger partial charge in [-0.2, -0.15) is 0 Å². The Hall–Kier alpha value is -4.04. The number of carbonyl (C=O) groups excluding carboxylic acids is 2. The predicted octanol–water partition coefficient (Wildman–Crippen LogP) is 4.98. The van der Waals surface area contributed by atoms with Crippen molar-refractivity contribution in [2.45, 2.75) is 5.16 Å². The number of thioether (sulfide) groups is 1. The van der Waals surface area contributed by atoms with Crippen molar-refractivity contribution in [1.82, 2.24) is 14.5 Å². The minimum Gasteiger partial charge on any atom is -0.495 e. The van der Waals surface area contributed by atoms with Gasteiger partial charge in [0.15, 0.2) is 5.16 Å².